The molecule has 3 aromatic carbocycles. The number of carbonyl (C=O) groups is 2. The number of carbonyl (C=O) groups excluding carboxylic acids is 2. The summed E-state index contributed by atoms with van der Waals surface area (Å²) < 4.78 is 11.1. The number of nitrogens with one attached hydrogen (secondary N) is 1. The lowest BCUT2D eigenvalue weighted by Gasteiger charge is -2.32. The minimum absolute atomic E-state index is 0.0720. The largest absolute Gasteiger partial charge is 0.497 e. The number of hydrogen-bond acceptors (Lipinski definition) is 4. The van der Waals surface area contributed by atoms with E-state index in [9.17, 15) is 9.59 Å². The van der Waals surface area contributed by atoms with Gasteiger partial charge in [0, 0.05) is 24.0 Å². The number of rotatable bonds is 11. The van der Waals surface area contributed by atoms with Crippen molar-refractivity contribution in [2.75, 3.05) is 13.7 Å². The molecule has 2 amide bonds. The maximum Gasteiger partial charge on any atom is 0.261 e. The molecule has 0 heterocycles. The number of ether oxygens (including phenoxy) is 2. The SMILES string of the molecule is COc1cccc(CN(C(=O)COc2cccc(Cl)c2)C(Cc2ccccc2)C(=O)NC(C)C)c1. The highest BCUT2D eigenvalue weighted by atomic mass is 35.5. The maximum absolute atomic E-state index is 13.5. The molecule has 0 aliphatic rings. The number of methoxy groups -OCH3 is 1. The van der Waals surface area contributed by atoms with Crippen LogP contribution in [0.4, 0.5) is 0 Å². The summed E-state index contributed by atoms with van der Waals surface area (Å²) in [4.78, 5) is 28.5. The average Bonchev–Trinajstić information content (AvgIpc) is 2.85. The quantitative estimate of drug-likeness (QED) is 0.412. The molecule has 0 fully saturated rings. The van der Waals surface area contributed by atoms with E-state index >= 15 is 0 Å². The molecule has 0 spiro atoms. The first-order chi connectivity index (χ1) is 16.9. The molecular formula is C28H31ClN2O4. The average molecular weight is 495 g/mol. The van der Waals surface area contributed by atoms with Crippen LogP contribution in [-0.2, 0) is 22.6 Å². The molecule has 0 aliphatic carbocycles. The van der Waals surface area contributed by atoms with E-state index in [-0.39, 0.29) is 31.0 Å². The lowest BCUT2D eigenvalue weighted by atomic mass is 10.0. The Balaban J connectivity index is 1.92. The third kappa shape index (κ3) is 8.04. The van der Waals surface area contributed by atoms with Crippen LogP contribution < -0.4 is 14.8 Å². The van der Waals surface area contributed by atoms with Crippen LogP contribution in [0.5, 0.6) is 11.5 Å². The predicted octanol–water partition coefficient (Wildman–Crippen LogP) is 4.89. The highest BCUT2D eigenvalue weighted by Gasteiger charge is 2.31. The zero-order valence-corrected chi connectivity index (χ0v) is 21.0. The highest BCUT2D eigenvalue weighted by Crippen LogP contribution is 2.20. The second-order valence-corrected chi connectivity index (χ2v) is 8.92. The van der Waals surface area contributed by atoms with E-state index in [0.29, 0.717) is 22.9 Å². The molecule has 0 bridgehead atoms. The zero-order chi connectivity index (χ0) is 25.2. The summed E-state index contributed by atoms with van der Waals surface area (Å²) in [6.45, 7) is 3.78. The monoisotopic (exact) mass is 494 g/mol. The summed E-state index contributed by atoms with van der Waals surface area (Å²) in [7, 11) is 1.59. The minimum Gasteiger partial charge on any atom is -0.497 e. The van der Waals surface area contributed by atoms with Gasteiger partial charge in [-0.25, -0.2) is 0 Å². The maximum atomic E-state index is 13.5. The van der Waals surface area contributed by atoms with Crippen LogP contribution in [0.3, 0.4) is 0 Å². The normalized spacial score (nSPS) is 11.6. The van der Waals surface area contributed by atoms with Crippen molar-refractivity contribution in [3.8, 4) is 11.5 Å². The number of benzene rings is 3. The molecule has 0 aromatic heterocycles. The van der Waals surface area contributed by atoms with Crippen LogP contribution in [0.1, 0.15) is 25.0 Å². The first kappa shape index (κ1) is 26.1. The van der Waals surface area contributed by atoms with Gasteiger partial charge in [0.05, 0.1) is 7.11 Å². The Hall–Kier alpha value is -3.51. The standard InChI is InChI=1S/C28H31ClN2O4/c1-20(2)30-28(33)26(16-21-9-5-4-6-10-21)31(18-22-11-7-13-24(15-22)34-3)27(32)19-35-25-14-8-12-23(29)17-25/h4-15,17,20,26H,16,18-19H2,1-3H3,(H,30,33). The summed E-state index contributed by atoms with van der Waals surface area (Å²) in [6.07, 6.45) is 0.367. The Labute approximate surface area is 211 Å². The van der Waals surface area contributed by atoms with Gasteiger partial charge in [-0.3, -0.25) is 9.59 Å². The van der Waals surface area contributed by atoms with Gasteiger partial charge in [-0.2, -0.15) is 0 Å². The summed E-state index contributed by atoms with van der Waals surface area (Å²) in [5.74, 6) is 0.630. The zero-order valence-electron chi connectivity index (χ0n) is 20.2. The topological polar surface area (TPSA) is 67.9 Å². The fourth-order valence-electron chi connectivity index (χ4n) is 3.69. The fraction of sp³-hybridized carbons (Fsp3) is 0.286. The molecule has 35 heavy (non-hydrogen) atoms. The Morgan fingerprint density at radius 3 is 2.29 bits per heavy atom. The molecule has 1 atom stereocenters. The molecule has 0 saturated carbocycles. The molecule has 1 N–H and O–H groups in total. The Bertz CT molecular complexity index is 1120. The van der Waals surface area contributed by atoms with E-state index in [2.05, 4.69) is 5.32 Å². The second kappa shape index (κ2) is 12.8. The molecule has 184 valence electrons. The molecule has 0 aliphatic heterocycles. The first-order valence-electron chi connectivity index (χ1n) is 11.5. The Kier molecular flexibility index (Phi) is 9.56. The van der Waals surface area contributed by atoms with Gasteiger partial charge in [0.2, 0.25) is 5.91 Å². The molecular weight excluding hydrogens is 464 g/mol. The van der Waals surface area contributed by atoms with Crippen molar-refractivity contribution in [2.24, 2.45) is 0 Å². The van der Waals surface area contributed by atoms with Gasteiger partial charge in [-0.15, -0.1) is 0 Å². The van der Waals surface area contributed by atoms with Crippen LogP contribution >= 0.6 is 11.6 Å². The van der Waals surface area contributed by atoms with Gasteiger partial charge in [-0.1, -0.05) is 60.1 Å². The van der Waals surface area contributed by atoms with E-state index in [4.69, 9.17) is 21.1 Å². The highest BCUT2D eigenvalue weighted by molar-refractivity contribution is 6.30. The summed E-state index contributed by atoms with van der Waals surface area (Å²) in [6, 6.07) is 23.2. The van der Waals surface area contributed by atoms with Gasteiger partial charge in [-0.05, 0) is 55.3 Å². The van der Waals surface area contributed by atoms with Gasteiger partial charge in [0.15, 0.2) is 6.61 Å². The molecule has 6 nitrogen and oxygen atoms in total. The van der Waals surface area contributed by atoms with Crippen LogP contribution in [0, 0.1) is 0 Å². The fourth-order valence-corrected chi connectivity index (χ4v) is 3.87. The molecule has 3 rings (SSSR count). The smallest absolute Gasteiger partial charge is 0.261 e. The van der Waals surface area contributed by atoms with Crippen LogP contribution in [-0.4, -0.2) is 42.5 Å². The van der Waals surface area contributed by atoms with Crippen LogP contribution in [0.25, 0.3) is 0 Å². The van der Waals surface area contributed by atoms with Crippen molar-refractivity contribution < 1.29 is 19.1 Å². The number of hydrogen-bond donors (Lipinski definition) is 1. The molecule has 0 saturated heterocycles. The number of nitrogens with zero attached hydrogens (tertiary/aromatic N) is 1. The van der Waals surface area contributed by atoms with Gasteiger partial charge in [0.25, 0.3) is 5.91 Å². The third-order valence-corrected chi connectivity index (χ3v) is 5.58. The van der Waals surface area contributed by atoms with E-state index in [1.807, 2.05) is 68.4 Å². The summed E-state index contributed by atoms with van der Waals surface area (Å²) >= 11 is 6.05. The summed E-state index contributed by atoms with van der Waals surface area (Å²) in [5, 5.41) is 3.49. The van der Waals surface area contributed by atoms with Gasteiger partial charge < -0.3 is 19.7 Å². The lowest BCUT2D eigenvalue weighted by Crippen LogP contribution is -2.52. The number of amides is 2. The lowest BCUT2D eigenvalue weighted by molar-refractivity contribution is -0.143. The van der Waals surface area contributed by atoms with Crippen LogP contribution in [0.15, 0.2) is 78.9 Å². The van der Waals surface area contributed by atoms with E-state index in [0.717, 1.165) is 11.1 Å². The molecule has 7 heteroatoms. The molecule has 1 unspecified atom stereocenters. The van der Waals surface area contributed by atoms with Crippen molar-refractivity contribution >= 4 is 23.4 Å². The second-order valence-electron chi connectivity index (χ2n) is 8.49. The van der Waals surface area contributed by atoms with Crippen molar-refractivity contribution in [2.45, 2.75) is 38.9 Å². The summed E-state index contributed by atoms with van der Waals surface area (Å²) in [5.41, 5.74) is 1.80. The minimum atomic E-state index is -0.735. The van der Waals surface area contributed by atoms with Gasteiger partial charge >= 0.3 is 0 Å². The molecule has 3 aromatic rings. The van der Waals surface area contributed by atoms with Crippen molar-refractivity contribution in [1.82, 2.24) is 10.2 Å². The van der Waals surface area contributed by atoms with Crippen molar-refractivity contribution in [1.29, 1.82) is 0 Å². The molecule has 0 radical (unpaired) electrons. The van der Waals surface area contributed by atoms with E-state index in [1.165, 1.54) is 0 Å². The van der Waals surface area contributed by atoms with Crippen LogP contribution in [0.2, 0.25) is 5.02 Å². The number of halogens is 1. The van der Waals surface area contributed by atoms with Crippen molar-refractivity contribution in [3.05, 3.63) is 95.0 Å². The third-order valence-electron chi connectivity index (χ3n) is 5.35. The van der Waals surface area contributed by atoms with Crippen molar-refractivity contribution in [3.63, 3.8) is 0 Å². The predicted molar refractivity (Wildman–Crippen MR) is 138 cm³/mol. The first-order valence-corrected chi connectivity index (χ1v) is 11.9. The van der Waals surface area contributed by atoms with E-state index in [1.54, 1.807) is 36.3 Å². The Morgan fingerprint density at radius 2 is 1.60 bits per heavy atom. The van der Waals surface area contributed by atoms with Gasteiger partial charge in [0.1, 0.15) is 17.5 Å². The Morgan fingerprint density at radius 1 is 0.914 bits per heavy atom. The van der Waals surface area contributed by atoms with E-state index < -0.39 is 6.04 Å².